The molecular weight excluding hydrogens is 324 g/mol. The molecule has 2 rings (SSSR count). The molecule has 128 valence electrons. The van der Waals surface area contributed by atoms with Crippen LogP contribution in [-0.4, -0.2) is 67.0 Å². The van der Waals surface area contributed by atoms with Crippen molar-refractivity contribution in [1.29, 1.82) is 0 Å². The Balaban J connectivity index is 2.30. The van der Waals surface area contributed by atoms with Crippen LogP contribution in [0.3, 0.4) is 0 Å². The molecule has 1 atom stereocenters. The van der Waals surface area contributed by atoms with Gasteiger partial charge >= 0.3 is 0 Å². The normalized spacial score (nSPS) is 20.3. The second-order valence-electron chi connectivity index (χ2n) is 5.67. The Morgan fingerprint density at radius 3 is 2.39 bits per heavy atom. The molecule has 9 nitrogen and oxygen atoms in total. The van der Waals surface area contributed by atoms with Gasteiger partial charge in [-0.2, -0.15) is 4.31 Å². The average Bonchev–Trinajstić information content (AvgIpc) is 2.65. The zero-order valence-electron chi connectivity index (χ0n) is 13.3. The number of aryl methyl sites for hydroxylation is 2. The van der Waals surface area contributed by atoms with Crippen LogP contribution >= 0.6 is 0 Å². The minimum atomic E-state index is -3.48. The third-order valence-electron chi connectivity index (χ3n) is 3.89. The lowest BCUT2D eigenvalue weighted by atomic mass is 10.1. The van der Waals surface area contributed by atoms with Gasteiger partial charge in [0.05, 0.1) is 17.9 Å². The van der Waals surface area contributed by atoms with E-state index in [0.717, 1.165) is 6.26 Å². The van der Waals surface area contributed by atoms with Crippen molar-refractivity contribution in [2.75, 3.05) is 32.4 Å². The molecular formula is C13H20N4O5S. The molecule has 2 amide bonds. The number of carbonyl (C=O) groups is 2. The first kappa shape index (κ1) is 17.4. The molecule has 2 heterocycles. The Morgan fingerprint density at radius 2 is 1.91 bits per heavy atom. The van der Waals surface area contributed by atoms with Crippen molar-refractivity contribution < 1.29 is 22.5 Å². The minimum absolute atomic E-state index is 0.0282. The van der Waals surface area contributed by atoms with Gasteiger partial charge in [0.25, 0.3) is 5.91 Å². The highest BCUT2D eigenvalue weighted by atomic mass is 32.2. The Morgan fingerprint density at radius 1 is 1.26 bits per heavy atom. The second kappa shape index (κ2) is 6.28. The van der Waals surface area contributed by atoms with Crippen LogP contribution < -0.4 is 5.73 Å². The Labute approximate surface area is 134 Å². The molecule has 0 spiro atoms. The van der Waals surface area contributed by atoms with Gasteiger partial charge in [-0.15, -0.1) is 0 Å². The molecule has 0 radical (unpaired) electrons. The lowest BCUT2D eigenvalue weighted by Gasteiger charge is -2.22. The SMILES string of the molecule is Cc1noc(C)c1C(=O)N1CCN(S(C)(=O)=O)CC(C(N)=O)C1. The predicted octanol–water partition coefficient (Wildman–Crippen LogP) is -0.890. The van der Waals surface area contributed by atoms with Crippen molar-refractivity contribution in [2.45, 2.75) is 13.8 Å². The van der Waals surface area contributed by atoms with E-state index in [0.29, 0.717) is 17.0 Å². The van der Waals surface area contributed by atoms with E-state index >= 15 is 0 Å². The summed E-state index contributed by atoms with van der Waals surface area (Å²) in [5, 5.41) is 3.74. The lowest BCUT2D eigenvalue weighted by Crippen LogP contribution is -2.41. The Bertz CT molecular complexity index is 707. The lowest BCUT2D eigenvalue weighted by molar-refractivity contribution is -0.122. The molecule has 1 aromatic heterocycles. The highest BCUT2D eigenvalue weighted by Gasteiger charge is 2.34. The molecule has 0 aliphatic carbocycles. The second-order valence-corrected chi connectivity index (χ2v) is 7.65. The van der Waals surface area contributed by atoms with Crippen LogP contribution in [-0.2, 0) is 14.8 Å². The van der Waals surface area contributed by atoms with Crippen LogP contribution in [0.5, 0.6) is 0 Å². The van der Waals surface area contributed by atoms with Crippen LogP contribution in [0.4, 0.5) is 0 Å². The standard InChI is InChI=1S/C13H20N4O5S/c1-8-11(9(2)22-15-8)13(19)16-4-5-17(23(3,20)21)7-10(6-16)12(14)18/h10H,4-7H2,1-3H3,(H2,14,18). The molecule has 1 aliphatic heterocycles. The molecule has 1 aliphatic rings. The van der Waals surface area contributed by atoms with Crippen molar-refractivity contribution in [3.8, 4) is 0 Å². The fourth-order valence-corrected chi connectivity index (χ4v) is 3.46. The summed E-state index contributed by atoms with van der Waals surface area (Å²) in [7, 11) is -3.48. The van der Waals surface area contributed by atoms with Gasteiger partial charge in [-0.3, -0.25) is 9.59 Å². The first-order chi connectivity index (χ1) is 10.6. The number of nitrogens with zero attached hydrogens (tertiary/aromatic N) is 3. The van der Waals surface area contributed by atoms with E-state index < -0.39 is 21.8 Å². The molecule has 0 saturated carbocycles. The van der Waals surface area contributed by atoms with Gasteiger partial charge in [-0.1, -0.05) is 5.16 Å². The maximum Gasteiger partial charge on any atom is 0.259 e. The fourth-order valence-electron chi connectivity index (χ4n) is 2.60. The summed E-state index contributed by atoms with van der Waals surface area (Å²) in [6.07, 6.45) is 1.07. The Hall–Kier alpha value is -1.94. The van der Waals surface area contributed by atoms with Gasteiger partial charge in [-0.25, -0.2) is 8.42 Å². The van der Waals surface area contributed by atoms with Crippen molar-refractivity contribution in [1.82, 2.24) is 14.4 Å². The monoisotopic (exact) mass is 344 g/mol. The number of rotatable bonds is 3. The molecule has 1 fully saturated rings. The van der Waals surface area contributed by atoms with Crippen LogP contribution in [0.25, 0.3) is 0 Å². The third-order valence-corrected chi connectivity index (χ3v) is 5.16. The molecule has 1 aromatic rings. The smallest absolute Gasteiger partial charge is 0.259 e. The van der Waals surface area contributed by atoms with Gasteiger partial charge in [-0.05, 0) is 13.8 Å². The average molecular weight is 344 g/mol. The summed E-state index contributed by atoms with van der Waals surface area (Å²) in [4.78, 5) is 25.7. The number of sulfonamides is 1. The largest absolute Gasteiger partial charge is 0.369 e. The highest BCUT2D eigenvalue weighted by Crippen LogP contribution is 2.19. The van der Waals surface area contributed by atoms with E-state index in [4.69, 9.17) is 10.3 Å². The predicted molar refractivity (Wildman–Crippen MR) is 81.0 cm³/mol. The highest BCUT2D eigenvalue weighted by molar-refractivity contribution is 7.88. The topological polar surface area (TPSA) is 127 Å². The summed E-state index contributed by atoms with van der Waals surface area (Å²) in [5.74, 6) is -1.37. The van der Waals surface area contributed by atoms with Crippen molar-refractivity contribution in [3.63, 3.8) is 0 Å². The number of amides is 2. The van der Waals surface area contributed by atoms with Crippen LogP contribution in [0.15, 0.2) is 4.52 Å². The van der Waals surface area contributed by atoms with Crippen LogP contribution in [0.1, 0.15) is 21.8 Å². The Kier molecular flexibility index (Phi) is 4.76. The summed E-state index contributed by atoms with van der Waals surface area (Å²) in [6, 6.07) is 0. The van der Waals surface area contributed by atoms with E-state index in [-0.39, 0.29) is 32.1 Å². The number of primary amides is 1. The van der Waals surface area contributed by atoms with E-state index in [1.54, 1.807) is 13.8 Å². The van der Waals surface area contributed by atoms with Gasteiger partial charge in [0.2, 0.25) is 15.9 Å². The molecule has 1 saturated heterocycles. The maximum atomic E-state index is 12.7. The minimum Gasteiger partial charge on any atom is -0.369 e. The molecule has 10 heteroatoms. The fraction of sp³-hybridized carbons (Fsp3) is 0.615. The number of hydrogen-bond donors (Lipinski definition) is 1. The molecule has 2 N–H and O–H groups in total. The summed E-state index contributed by atoms with van der Waals surface area (Å²) in [6.45, 7) is 3.58. The van der Waals surface area contributed by atoms with Crippen LogP contribution in [0, 0.1) is 19.8 Å². The van der Waals surface area contributed by atoms with E-state index in [9.17, 15) is 18.0 Å². The van der Waals surface area contributed by atoms with Crippen molar-refractivity contribution in [2.24, 2.45) is 11.7 Å². The zero-order valence-corrected chi connectivity index (χ0v) is 14.1. The molecule has 23 heavy (non-hydrogen) atoms. The van der Waals surface area contributed by atoms with E-state index in [1.165, 1.54) is 9.21 Å². The number of aromatic nitrogens is 1. The number of carbonyl (C=O) groups excluding carboxylic acids is 2. The van der Waals surface area contributed by atoms with Crippen molar-refractivity contribution in [3.05, 3.63) is 17.0 Å². The van der Waals surface area contributed by atoms with Gasteiger partial charge in [0, 0.05) is 26.2 Å². The van der Waals surface area contributed by atoms with E-state index in [2.05, 4.69) is 5.16 Å². The maximum absolute atomic E-state index is 12.7. The molecule has 0 bridgehead atoms. The molecule has 0 aromatic carbocycles. The van der Waals surface area contributed by atoms with Gasteiger partial charge in [0.1, 0.15) is 11.3 Å². The summed E-state index contributed by atoms with van der Waals surface area (Å²) < 4.78 is 29.7. The van der Waals surface area contributed by atoms with E-state index in [1.807, 2.05) is 0 Å². The zero-order chi connectivity index (χ0) is 17.4. The first-order valence-electron chi connectivity index (χ1n) is 7.08. The van der Waals surface area contributed by atoms with Crippen LogP contribution in [0.2, 0.25) is 0 Å². The third kappa shape index (κ3) is 3.70. The summed E-state index contributed by atoms with van der Waals surface area (Å²) in [5.41, 5.74) is 6.14. The first-order valence-corrected chi connectivity index (χ1v) is 8.92. The van der Waals surface area contributed by atoms with Crippen molar-refractivity contribution >= 4 is 21.8 Å². The number of nitrogens with two attached hydrogens (primary N) is 1. The van der Waals surface area contributed by atoms with Gasteiger partial charge in [0.15, 0.2) is 0 Å². The van der Waals surface area contributed by atoms with Gasteiger partial charge < -0.3 is 15.2 Å². The number of hydrogen-bond acceptors (Lipinski definition) is 6. The summed E-state index contributed by atoms with van der Waals surface area (Å²) >= 11 is 0. The quantitative estimate of drug-likeness (QED) is 0.758. The molecule has 1 unspecified atom stereocenters.